The minimum Gasteiger partial charge on any atom is -0.507 e. The van der Waals surface area contributed by atoms with Crippen molar-refractivity contribution in [3.05, 3.63) is 41.5 Å². The number of aromatic hydroxyl groups is 1. The van der Waals surface area contributed by atoms with Crippen molar-refractivity contribution >= 4 is 23.7 Å². The van der Waals surface area contributed by atoms with Gasteiger partial charge in [0, 0.05) is 32.9 Å². The molecule has 1 aliphatic heterocycles. The number of hydrogen-bond donors (Lipinski definition) is 1. The molecule has 1 atom stereocenters. The van der Waals surface area contributed by atoms with Gasteiger partial charge < -0.3 is 24.1 Å². The average molecular weight is 414 g/mol. The van der Waals surface area contributed by atoms with E-state index in [1.165, 1.54) is 45.0 Å². The van der Waals surface area contributed by atoms with E-state index in [4.69, 9.17) is 18.9 Å². The number of phenolic OH excluding ortho intramolecular Hbond substituents is 1. The van der Waals surface area contributed by atoms with Crippen molar-refractivity contribution in [2.24, 2.45) is 0 Å². The molecule has 0 aliphatic carbocycles. The third kappa shape index (κ3) is 4.40. The normalized spacial score (nSPS) is 14.9. The maximum atomic E-state index is 12.7. The molecule has 0 amide bonds. The van der Waals surface area contributed by atoms with Crippen molar-refractivity contribution in [1.82, 2.24) is 0 Å². The minimum absolute atomic E-state index is 0.0133. The van der Waals surface area contributed by atoms with E-state index in [0.29, 0.717) is 0 Å². The van der Waals surface area contributed by atoms with Crippen molar-refractivity contribution in [2.45, 2.75) is 33.3 Å². The Bertz CT molecular complexity index is 1020. The first kappa shape index (κ1) is 20.8. The molecule has 0 fully saturated rings. The molecule has 2 aromatic carbocycles. The molecule has 156 valence electrons. The van der Waals surface area contributed by atoms with Crippen LogP contribution in [-0.4, -0.2) is 28.8 Å². The predicted octanol–water partition coefficient (Wildman–Crippen LogP) is 2.87. The van der Waals surface area contributed by atoms with Crippen LogP contribution in [0.3, 0.4) is 0 Å². The highest BCUT2D eigenvalue weighted by Crippen LogP contribution is 2.46. The second-order valence-electron chi connectivity index (χ2n) is 6.50. The molecule has 30 heavy (non-hydrogen) atoms. The third-order valence-corrected chi connectivity index (χ3v) is 4.09. The van der Waals surface area contributed by atoms with Gasteiger partial charge in [0.1, 0.15) is 40.4 Å². The largest absolute Gasteiger partial charge is 0.507 e. The molecular formula is C21H18O9. The first-order valence-electron chi connectivity index (χ1n) is 8.90. The molecule has 1 aliphatic rings. The molecule has 3 rings (SSSR count). The molecule has 9 nitrogen and oxygen atoms in total. The standard InChI is InChI=1S/C21H18O9/c1-10(22)27-13-7-14(25)20-15(26)9-19(30-18(20)8-13)21-16(28-11(2)23)5-4-6-17(21)29-12(3)24/h4-8,19,25H,9H2,1-3H3/t19-/m1/s1. The lowest BCUT2D eigenvalue weighted by Gasteiger charge is -2.28. The van der Waals surface area contributed by atoms with Crippen molar-refractivity contribution in [2.75, 3.05) is 0 Å². The Labute approximate surface area is 171 Å². The second kappa shape index (κ2) is 8.24. The first-order valence-corrected chi connectivity index (χ1v) is 8.90. The number of rotatable bonds is 4. The van der Waals surface area contributed by atoms with Crippen LogP contribution in [0.5, 0.6) is 28.7 Å². The van der Waals surface area contributed by atoms with Crippen LogP contribution < -0.4 is 18.9 Å². The molecule has 9 heteroatoms. The zero-order chi connectivity index (χ0) is 22.0. The molecule has 0 saturated heterocycles. The van der Waals surface area contributed by atoms with Crippen molar-refractivity contribution in [3.8, 4) is 28.7 Å². The van der Waals surface area contributed by atoms with Gasteiger partial charge in [-0.05, 0) is 12.1 Å². The van der Waals surface area contributed by atoms with Crippen molar-refractivity contribution in [1.29, 1.82) is 0 Å². The molecule has 2 aromatic rings. The summed E-state index contributed by atoms with van der Waals surface area (Å²) in [5, 5.41) is 10.2. The summed E-state index contributed by atoms with van der Waals surface area (Å²) in [7, 11) is 0. The summed E-state index contributed by atoms with van der Waals surface area (Å²) in [4.78, 5) is 47.0. The minimum atomic E-state index is -0.998. The number of carbonyl (C=O) groups is 4. The Hall–Kier alpha value is -3.88. The van der Waals surface area contributed by atoms with Crippen LogP contribution in [0.4, 0.5) is 0 Å². The van der Waals surface area contributed by atoms with E-state index in [0.717, 1.165) is 6.07 Å². The van der Waals surface area contributed by atoms with Crippen LogP contribution in [0, 0.1) is 0 Å². The highest BCUT2D eigenvalue weighted by molar-refractivity contribution is 6.03. The maximum absolute atomic E-state index is 12.7. The predicted molar refractivity (Wildman–Crippen MR) is 101 cm³/mol. The number of ketones is 1. The van der Waals surface area contributed by atoms with Gasteiger partial charge in [-0.1, -0.05) is 6.07 Å². The fraction of sp³-hybridized carbons (Fsp3) is 0.238. The van der Waals surface area contributed by atoms with E-state index in [9.17, 15) is 24.3 Å². The number of phenols is 1. The van der Waals surface area contributed by atoms with E-state index in [-0.39, 0.29) is 40.5 Å². The number of esters is 3. The number of benzene rings is 2. The average Bonchev–Trinajstić information content (AvgIpc) is 2.59. The summed E-state index contributed by atoms with van der Waals surface area (Å²) in [5.74, 6) is -2.64. The number of Topliss-reactive ketones (excluding diaryl/α,β-unsaturated/α-hetero) is 1. The van der Waals surface area contributed by atoms with E-state index in [1.807, 2.05) is 0 Å². The Kier molecular flexibility index (Phi) is 5.72. The lowest BCUT2D eigenvalue weighted by atomic mass is 9.94. The van der Waals surface area contributed by atoms with Crippen molar-refractivity contribution < 1.29 is 43.2 Å². The van der Waals surface area contributed by atoms with Gasteiger partial charge >= 0.3 is 17.9 Å². The zero-order valence-electron chi connectivity index (χ0n) is 16.4. The van der Waals surface area contributed by atoms with Crippen LogP contribution in [0.1, 0.15) is 49.2 Å². The molecule has 0 radical (unpaired) electrons. The highest BCUT2D eigenvalue weighted by Gasteiger charge is 2.35. The summed E-state index contributed by atoms with van der Waals surface area (Å²) in [5.41, 5.74) is 0.112. The number of ether oxygens (including phenoxy) is 4. The molecule has 0 bridgehead atoms. The molecule has 0 aromatic heterocycles. The van der Waals surface area contributed by atoms with Crippen LogP contribution >= 0.6 is 0 Å². The van der Waals surface area contributed by atoms with E-state index in [2.05, 4.69) is 0 Å². The molecule has 0 saturated carbocycles. The quantitative estimate of drug-likeness (QED) is 0.594. The van der Waals surface area contributed by atoms with E-state index >= 15 is 0 Å². The highest BCUT2D eigenvalue weighted by atomic mass is 16.6. The monoisotopic (exact) mass is 414 g/mol. The molecule has 0 unspecified atom stereocenters. The van der Waals surface area contributed by atoms with Gasteiger partial charge in [0.15, 0.2) is 5.78 Å². The van der Waals surface area contributed by atoms with Crippen LogP contribution in [0.25, 0.3) is 0 Å². The number of hydrogen-bond acceptors (Lipinski definition) is 9. The maximum Gasteiger partial charge on any atom is 0.308 e. The summed E-state index contributed by atoms with van der Waals surface area (Å²) in [6.45, 7) is 3.59. The van der Waals surface area contributed by atoms with Gasteiger partial charge in [-0.3, -0.25) is 19.2 Å². The van der Waals surface area contributed by atoms with Gasteiger partial charge in [0.05, 0.1) is 12.0 Å². The summed E-state index contributed by atoms with van der Waals surface area (Å²) in [6, 6.07) is 6.89. The van der Waals surface area contributed by atoms with Crippen LogP contribution in [-0.2, 0) is 14.4 Å². The van der Waals surface area contributed by atoms with Gasteiger partial charge in [-0.15, -0.1) is 0 Å². The Balaban J connectivity index is 2.09. The van der Waals surface area contributed by atoms with Gasteiger partial charge in [-0.2, -0.15) is 0 Å². The SMILES string of the molecule is CC(=O)Oc1cc(O)c2c(c1)O[C@@H](c1c(OC(C)=O)cccc1OC(C)=O)CC2=O. The smallest absolute Gasteiger partial charge is 0.308 e. The van der Waals surface area contributed by atoms with E-state index < -0.39 is 35.5 Å². The number of carbonyl (C=O) groups excluding carboxylic acids is 4. The van der Waals surface area contributed by atoms with Crippen LogP contribution in [0.15, 0.2) is 30.3 Å². The fourth-order valence-corrected chi connectivity index (χ4v) is 3.13. The van der Waals surface area contributed by atoms with Gasteiger partial charge in [0.2, 0.25) is 0 Å². The molecule has 1 heterocycles. The van der Waals surface area contributed by atoms with Crippen molar-refractivity contribution in [3.63, 3.8) is 0 Å². The van der Waals surface area contributed by atoms with Crippen LogP contribution in [0.2, 0.25) is 0 Å². The van der Waals surface area contributed by atoms with Gasteiger partial charge in [0.25, 0.3) is 0 Å². The fourth-order valence-electron chi connectivity index (χ4n) is 3.13. The van der Waals surface area contributed by atoms with Gasteiger partial charge in [-0.25, -0.2) is 0 Å². The Morgan fingerprint density at radius 1 is 0.967 bits per heavy atom. The Morgan fingerprint density at radius 3 is 2.07 bits per heavy atom. The Morgan fingerprint density at radius 2 is 1.53 bits per heavy atom. The molecule has 0 spiro atoms. The topological polar surface area (TPSA) is 125 Å². The second-order valence-corrected chi connectivity index (χ2v) is 6.50. The zero-order valence-corrected chi connectivity index (χ0v) is 16.4. The molecule has 1 N–H and O–H groups in total. The summed E-state index contributed by atoms with van der Waals surface area (Å²) < 4.78 is 21.3. The van der Waals surface area contributed by atoms with E-state index in [1.54, 1.807) is 0 Å². The summed E-state index contributed by atoms with van der Waals surface area (Å²) >= 11 is 0. The first-order chi connectivity index (χ1) is 14.2. The lowest BCUT2D eigenvalue weighted by Crippen LogP contribution is -2.22. The molecular weight excluding hydrogens is 396 g/mol. The lowest BCUT2D eigenvalue weighted by molar-refractivity contribution is -0.133. The number of fused-ring (bicyclic) bond motifs is 1. The summed E-state index contributed by atoms with van der Waals surface area (Å²) in [6.07, 6.45) is -1.22. The third-order valence-electron chi connectivity index (χ3n) is 4.09.